The highest BCUT2D eigenvalue weighted by atomic mass is 19.1. The van der Waals surface area contributed by atoms with E-state index in [-0.39, 0.29) is 24.8 Å². The number of ketones is 1. The molecule has 2 aromatic rings. The zero-order valence-electron chi connectivity index (χ0n) is 24.8. The molecule has 10 atom stereocenters. The Morgan fingerprint density at radius 3 is 2.59 bits per heavy atom. The number of aliphatic hydroxyl groups is 2. The summed E-state index contributed by atoms with van der Waals surface area (Å²) in [5, 5.41) is 25.2. The Balaban J connectivity index is 1.21. The maximum Gasteiger partial charge on any atom is 0.193 e. The number of halogens is 2. The molecule has 2 aromatic carbocycles. The van der Waals surface area contributed by atoms with E-state index in [0.29, 0.717) is 16.8 Å². The summed E-state index contributed by atoms with van der Waals surface area (Å²) in [6.45, 7) is 6.54. The van der Waals surface area contributed by atoms with Crippen molar-refractivity contribution < 1.29 is 33.3 Å². The average Bonchev–Trinajstić information content (AvgIpc) is 3.49. The lowest BCUT2D eigenvalue weighted by Gasteiger charge is -2.63. The fourth-order valence-corrected chi connectivity index (χ4v) is 9.29. The number of nitrogens with one attached hydrogen (secondary N) is 1. The van der Waals surface area contributed by atoms with Gasteiger partial charge in [-0.2, -0.15) is 0 Å². The quantitative estimate of drug-likeness (QED) is 0.327. The van der Waals surface area contributed by atoms with E-state index >= 15 is 8.78 Å². The van der Waals surface area contributed by atoms with Gasteiger partial charge < -0.3 is 30.7 Å². The topological polar surface area (TPSA) is 114 Å². The van der Waals surface area contributed by atoms with Crippen molar-refractivity contribution in [3.05, 3.63) is 90.0 Å². The van der Waals surface area contributed by atoms with Crippen molar-refractivity contribution in [2.24, 2.45) is 22.7 Å². The van der Waals surface area contributed by atoms with Crippen molar-refractivity contribution in [1.82, 2.24) is 0 Å². The molecule has 0 spiro atoms. The molecule has 0 aromatic heterocycles. The minimum atomic E-state index is -2.18. The van der Waals surface area contributed by atoms with Crippen molar-refractivity contribution >= 4 is 22.8 Å². The van der Waals surface area contributed by atoms with E-state index in [2.05, 4.69) is 11.9 Å². The molecule has 0 unspecified atom stereocenters. The van der Waals surface area contributed by atoms with E-state index in [1.54, 1.807) is 38.1 Å². The number of alkyl halides is 2. The number of fused-ring (bicyclic) bond motifs is 7. The van der Waals surface area contributed by atoms with Crippen LogP contribution in [0, 0.1) is 22.7 Å². The molecule has 5 aliphatic rings. The van der Waals surface area contributed by atoms with Crippen molar-refractivity contribution in [2.45, 2.75) is 69.0 Å². The Labute approximate surface area is 255 Å². The lowest BCUT2D eigenvalue weighted by atomic mass is 9.44. The molecule has 7 rings (SSSR count). The number of benzene rings is 2. The Kier molecular flexibility index (Phi) is 6.55. The highest BCUT2D eigenvalue weighted by Gasteiger charge is 2.80. The van der Waals surface area contributed by atoms with Gasteiger partial charge in [0.15, 0.2) is 23.3 Å². The van der Waals surface area contributed by atoms with Gasteiger partial charge in [-0.15, -0.1) is 0 Å². The third-order valence-corrected chi connectivity index (χ3v) is 11.4. The zero-order valence-corrected chi connectivity index (χ0v) is 24.8. The number of hydrogen-bond donors (Lipinski definition) is 4. The van der Waals surface area contributed by atoms with E-state index in [9.17, 15) is 15.0 Å². The van der Waals surface area contributed by atoms with Gasteiger partial charge in [-0.05, 0) is 73.6 Å². The molecule has 1 aliphatic heterocycles. The van der Waals surface area contributed by atoms with Gasteiger partial charge in [0, 0.05) is 39.4 Å². The van der Waals surface area contributed by atoms with Crippen LogP contribution in [-0.4, -0.2) is 52.3 Å². The zero-order chi connectivity index (χ0) is 31.2. The third-order valence-electron chi connectivity index (χ3n) is 11.4. The van der Waals surface area contributed by atoms with E-state index in [4.69, 9.17) is 15.2 Å². The van der Waals surface area contributed by atoms with Crippen LogP contribution in [0.3, 0.4) is 0 Å². The van der Waals surface area contributed by atoms with Crippen LogP contribution in [0.2, 0.25) is 0 Å². The largest absolute Gasteiger partial charge is 0.399 e. The Hall–Kier alpha value is -3.37. The first-order valence-corrected chi connectivity index (χ1v) is 15.2. The maximum atomic E-state index is 17.6. The summed E-state index contributed by atoms with van der Waals surface area (Å²) >= 11 is 0. The highest BCUT2D eigenvalue weighted by molar-refractivity contribution is 5.91. The van der Waals surface area contributed by atoms with Crippen LogP contribution >= 0.6 is 0 Å². The van der Waals surface area contributed by atoms with Crippen molar-refractivity contribution in [1.29, 1.82) is 0 Å². The molecule has 0 radical (unpaired) electrons. The predicted octanol–water partition coefficient (Wildman–Crippen LogP) is 5.64. The summed E-state index contributed by atoms with van der Waals surface area (Å²) in [5.74, 6) is -2.04. The van der Waals surface area contributed by atoms with E-state index in [1.807, 2.05) is 42.5 Å². The van der Waals surface area contributed by atoms with Gasteiger partial charge in [-0.3, -0.25) is 4.79 Å². The van der Waals surface area contributed by atoms with Gasteiger partial charge in [0.2, 0.25) is 0 Å². The number of anilines is 3. The monoisotopic (exact) mass is 604 g/mol. The molecule has 1 saturated heterocycles. The molecule has 4 fully saturated rings. The molecule has 44 heavy (non-hydrogen) atoms. The molecule has 0 amide bonds. The molecule has 9 heteroatoms. The van der Waals surface area contributed by atoms with Gasteiger partial charge in [-0.1, -0.05) is 49.9 Å². The van der Waals surface area contributed by atoms with Crippen LogP contribution in [0.25, 0.3) is 0 Å². The number of carbonyl (C=O) groups excluding carboxylic acids is 1. The van der Waals surface area contributed by atoms with Crippen LogP contribution in [-0.2, 0) is 14.3 Å². The summed E-state index contributed by atoms with van der Waals surface area (Å²) in [7, 11) is 0. The summed E-state index contributed by atoms with van der Waals surface area (Å²) in [4.78, 5) is 13.7. The van der Waals surface area contributed by atoms with Crippen LogP contribution in [0.4, 0.5) is 25.8 Å². The fourth-order valence-electron chi connectivity index (χ4n) is 9.29. The number of allylic oxidation sites excluding steroid dienone is 5. The Bertz CT molecular complexity index is 1590. The minimum Gasteiger partial charge on any atom is -0.399 e. The van der Waals surface area contributed by atoms with E-state index < -0.39 is 71.0 Å². The van der Waals surface area contributed by atoms with E-state index in [0.717, 1.165) is 11.4 Å². The molecular weight excluding hydrogens is 566 g/mol. The standard InChI is InChI=1S/C35H38F2N2O5/c1-19-11-12-32(2)26(13-19)27(36)15-25-24-16-30-35(29(42)18-40,33(24,3)17-28(41)34(25,32)37)44-31(43-30)20-7-9-22(10-8-20)39-23-6-4-5-21(38)14-23/h4-14,24-25,27-28,30-31,39-41H,1,15-18,38H2,2-3H3/t24-,25-,27-,28-,30+,31-,32-,33-,34-,35+/m0/s1. The molecule has 232 valence electrons. The minimum absolute atomic E-state index is 0.110. The summed E-state index contributed by atoms with van der Waals surface area (Å²) in [6.07, 6.45) is 0.177. The molecule has 3 saturated carbocycles. The SMILES string of the molecule is C=C1C=C[C@@]2(C)C(=C1)[C@@H](F)C[C@H]1[C@@H]3C[C@H]4O[C@H](c5ccc(Nc6cccc(N)c6)cc5)O[C@@]4(C(=O)CO)[C@@]3(C)C[C@H](O)[C@@]12F. The van der Waals surface area contributed by atoms with Crippen molar-refractivity contribution in [3.8, 4) is 0 Å². The summed E-state index contributed by atoms with van der Waals surface area (Å²) in [6, 6.07) is 14.7. The third kappa shape index (κ3) is 3.76. The van der Waals surface area contributed by atoms with Crippen LogP contribution in [0.1, 0.15) is 45.0 Å². The number of Topliss-reactive ketones (excluding diaryl/α,β-unsaturated/α-hetero) is 1. The van der Waals surface area contributed by atoms with E-state index in [1.165, 1.54) is 0 Å². The van der Waals surface area contributed by atoms with Gasteiger partial charge in [0.25, 0.3) is 0 Å². The second-order valence-electron chi connectivity index (χ2n) is 13.5. The Morgan fingerprint density at radius 1 is 1.14 bits per heavy atom. The fraction of sp³-hybridized carbons (Fsp3) is 0.457. The first-order chi connectivity index (χ1) is 20.9. The predicted molar refractivity (Wildman–Crippen MR) is 162 cm³/mol. The van der Waals surface area contributed by atoms with Crippen LogP contribution < -0.4 is 11.1 Å². The van der Waals surface area contributed by atoms with Gasteiger partial charge in [-0.25, -0.2) is 8.78 Å². The van der Waals surface area contributed by atoms with Crippen LogP contribution in [0.15, 0.2) is 84.5 Å². The first-order valence-electron chi connectivity index (χ1n) is 15.2. The average molecular weight is 605 g/mol. The van der Waals surface area contributed by atoms with Gasteiger partial charge >= 0.3 is 0 Å². The summed E-state index contributed by atoms with van der Waals surface area (Å²) < 4.78 is 46.5. The lowest BCUT2D eigenvalue weighted by molar-refractivity contribution is -0.235. The summed E-state index contributed by atoms with van der Waals surface area (Å²) in [5.41, 5.74) is 3.36. The second-order valence-corrected chi connectivity index (χ2v) is 13.5. The normalized spacial score (nSPS) is 42.1. The molecular formula is C35H38F2N2O5. The number of rotatable bonds is 5. The molecule has 1 heterocycles. The molecule has 5 N–H and O–H groups in total. The number of hydrogen-bond acceptors (Lipinski definition) is 7. The number of aliphatic hydroxyl groups excluding tert-OH is 2. The molecule has 0 bridgehead atoms. The number of nitrogens with two attached hydrogens (primary N) is 1. The van der Waals surface area contributed by atoms with Gasteiger partial charge in [0.1, 0.15) is 12.8 Å². The lowest BCUT2D eigenvalue weighted by Crippen LogP contribution is -2.70. The number of carbonyl (C=O) groups is 1. The van der Waals surface area contributed by atoms with Crippen molar-refractivity contribution in [3.63, 3.8) is 0 Å². The molecule has 4 aliphatic carbocycles. The Morgan fingerprint density at radius 2 is 1.89 bits per heavy atom. The molecule has 7 nitrogen and oxygen atoms in total. The first kappa shape index (κ1) is 29.3. The second kappa shape index (κ2) is 9.81. The number of nitrogen functional groups attached to an aromatic ring is 1. The van der Waals surface area contributed by atoms with Gasteiger partial charge in [0.05, 0.1) is 12.2 Å². The number of ether oxygens (including phenoxy) is 2. The maximum absolute atomic E-state index is 17.6. The smallest absolute Gasteiger partial charge is 0.193 e. The highest BCUT2D eigenvalue weighted by Crippen LogP contribution is 2.72. The van der Waals surface area contributed by atoms with Crippen LogP contribution in [0.5, 0.6) is 0 Å². The van der Waals surface area contributed by atoms with Crippen molar-refractivity contribution in [2.75, 3.05) is 17.7 Å².